The fourth-order valence-electron chi connectivity index (χ4n) is 1.51. The number of benzene rings is 1. The molecule has 1 rings (SSSR count). The van der Waals surface area contributed by atoms with Gasteiger partial charge in [-0.1, -0.05) is 29.8 Å². The van der Waals surface area contributed by atoms with Crippen LogP contribution < -0.4 is 4.74 Å². The van der Waals surface area contributed by atoms with E-state index >= 15 is 0 Å². The molecule has 0 atom stereocenters. The summed E-state index contributed by atoms with van der Waals surface area (Å²) >= 11 is 0. The van der Waals surface area contributed by atoms with Gasteiger partial charge < -0.3 is 4.74 Å². The van der Waals surface area contributed by atoms with Gasteiger partial charge in [-0.2, -0.15) is 8.42 Å². The molecule has 0 saturated heterocycles. The van der Waals surface area contributed by atoms with E-state index in [2.05, 4.69) is 0 Å². The van der Waals surface area contributed by atoms with E-state index in [1.807, 2.05) is 21.8 Å². The molecule has 0 amide bonds. The van der Waals surface area contributed by atoms with Gasteiger partial charge in [0.1, 0.15) is 21.4 Å². The predicted octanol–water partition coefficient (Wildman–Crippen LogP) is -1.25. The third kappa shape index (κ3) is 4.93. The lowest BCUT2D eigenvalue weighted by atomic mass is 9.91. The van der Waals surface area contributed by atoms with E-state index in [1.165, 1.54) is 0 Å². The van der Waals surface area contributed by atoms with Crippen LogP contribution in [0.1, 0.15) is 11.1 Å². The predicted molar refractivity (Wildman–Crippen MR) is 73.0 cm³/mol. The molecular formula is C10H14B2O5S. The van der Waals surface area contributed by atoms with E-state index in [9.17, 15) is 13.2 Å². The van der Waals surface area contributed by atoms with Gasteiger partial charge in [0.05, 0.1) is 0 Å². The molecule has 96 valence electrons. The Hall–Kier alpha value is -1.27. The van der Waals surface area contributed by atoms with Crippen molar-refractivity contribution in [2.45, 2.75) is 12.6 Å². The average molecular weight is 268 g/mol. The van der Waals surface area contributed by atoms with Crippen molar-refractivity contribution in [3.8, 4) is 5.75 Å². The first kappa shape index (κ1) is 14.8. The summed E-state index contributed by atoms with van der Waals surface area (Å²) in [5, 5.41) is 0. The summed E-state index contributed by atoms with van der Waals surface area (Å²) in [4.78, 5) is 11.3. The highest BCUT2D eigenvalue weighted by Crippen LogP contribution is 2.18. The van der Waals surface area contributed by atoms with Gasteiger partial charge in [0.25, 0.3) is 10.1 Å². The van der Waals surface area contributed by atoms with Gasteiger partial charge in [-0.15, -0.1) is 0 Å². The third-order valence-corrected chi connectivity index (χ3v) is 2.98. The van der Waals surface area contributed by atoms with Gasteiger partial charge in [-0.25, -0.2) is 0 Å². The Kier molecular flexibility index (Phi) is 4.98. The van der Waals surface area contributed by atoms with Crippen LogP contribution in [0.25, 0.3) is 0 Å². The van der Waals surface area contributed by atoms with Gasteiger partial charge >= 0.3 is 5.97 Å². The second kappa shape index (κ2) is 6.06. The van der Waals surface area contributed by atoms with Crippen LogP contribution in [0.15, 0.2) is 18.2 Å². The SMILES string of the molecule is BCc1cc(CB)cc(OC(=O)CS(=O)(=O)O)c1. The van der Waals surface area contributed by atoms with Gasteiger partial charge in [0.2, 0.25) is 0 Å². The van der Waals surface area contributed by atoms with Gasteiger partial charge in [-0.3, -0.25) is 9.35 Å². The lowest BCUT2D eigenvalue weighted by Crippen LogP contribution is -2.20. The average Bonchev–Trinajstić information content (AvgIpc) is 2.25. The molecule has 0 aliphatic heterocycles. The summed E-state index contributed by atoms with van der Waals surface area (Å²) < 4.78 is 34.5. The molecule has 0 bridgehead atoms. The number of hydrogen-bond donors (Lipinski definition) is 1. The van der Waals surface area contributed by atoms with Crippen LogP contribution in [-0.2, 0) is 27.6 Å². The molecule has 0 saturated carbocycles. The van der Waals surface area contributed by atoms with Gasteiger partial charge in [0.15, 0.2) is 5.75 Å². The second-order valence-corrected chi connectivity index (χ2v) is 5.35. The van der Waals surface area contributed by atoms with E-state index in [-0.39, 0.29) is 0 Å². The highest BCUT2D eigenvalue weighted by Gasteiger charge is 2.15. The standard InChI is InChI=1S/C10H14B2O5S/c11-4-7-1-8(5-12)3-9(2-7)17-10(13)6-18(14,15)16/h1-3H,4-6,11-12H2,(H,14,15,16). The van der Waals surface area contributed by atoms with E-state index in [4.69, 9.17) is 9.29 Å². The van der Waals surface area contributed by atoms with Crippen molar-refractivity contribution in [2.75, 3.05) is 5.75 Å². The Balaban J connectivity index is 2.87. The fraction of sp³-hybridized carbons (Fsp3) is 0.300. The summed E-state index contributed by atoms with van der Waals surface area (Å²) in [7, 11) is -0.408. The number of ether oxygens (including phenoxy) is 1. The third-order valence-electron chi connectivity index (χ3n) is 2.37. The second-order valence-electron chi connectivity index (χ2n) is 3.89. The number of esters is 1. The van der Waals surface area contributed by atoms with Crippen LogP contribution in [0, 0.1) is 0 Å². The van der Waals surface area contributed by atoms with Crippen LogP contribution in [0.3, 0.4) is 0 Å². The van der Waals surface area contributed by atoms with Crippen molar-refractivity contribution in [1.82, 2.24) is 0 Å². The molecular weight excluding hydrogens is 254 g/mol. The van der Waals surface area contributed by atoms with E-state index < -0.39 is 21.8 Å². The lowest BCUT2D eigenvalue weighted by molar-refractivity contribution is -0.131. The normalized spacial score (nSPS) is 11.2. The van der Waals surface area contributed by atoms with Crippen LogP contribution in [0.2, 0.25) is 0 Å². The van der Waals surface area contributed by atoms with Crippen LogP contribution in [-0.4, -0.2) is 40.4 Å². The number of carbonyl (C=O) groups is 1. The summed E-state index contributed by atoms with van der Waals surface area (Å²) in [6.07, 6.45) is 1.58. The molecule has 1 N–H and O–H groups in total. The first-order valence-corrected chi connectivity index (χ1v) is 7.23. The maximum atomic E-state index is 11.3. The Labute approximate surface area is 108 Å². The van der Waals surface area contributed by atoms with Crippen LogP contribution in [0.5, 0.6) is 5.75 Å². The van der Waals surface area contributed by atoms with Crippen molar-refractivity contribution < 1.29 is 22.5 Å². The van der Waals surface area contributed by atoms with E-state index in [0.717, 1.165) is 23.8 Å². The molecule has 0 radical (unpaired) electrons. The number of rotatable bonds is 5. The minimum Gasteiger partial charge on any atom is -0.426 e. The zero-order valence-corrected chi connectivity index (χ0v) is 11.2. The van der Waals surface area contributed by atoms with Crippen molar-refractivity contribution in [1.29, 1.82) is 0 Å². The van der Waals surface area contributed by atoms with Crippen molar-refractivity contribution in [3.63, 3.8) is 0 Å². The number of hydrogen-bond acceptors (Lipinski definition) is 4. The molecule has 5 nitrogen and oxygen atoms in total. The molecule has 0 aliphatic carbocycles. The zero-order valence-electron chi connectivity index (χ0n) is 10.3. The van der Waals surface area contributed by atoms with Crippen LogP contribution in [0.4, 0.5) is 0 Å². The molecule has 0 aromatic heterocycles. The molecule has 1 aromatic rings. The first-order chi connectivity index (χ1) is 8.34. The number of carbonyl (C=O) groups excluding carboxylic acids is 1. The minimum atomic E-state index is -4.35. The molecule has 18 heavy (non-hydrogen) atoms. The molecule has 8 heteroatoms. The summed E-state index contributed by atoms with van der Waals surface area (Å²) in [6.45, 7) is 0. The highest BCUT2D eigenvalue weighted by molar-refractivity contribution is 7.86. The van der Waals surface area contributed by atoms with E-state index in [1.54, 1.807) is 12.1 Å². The van der Waals surface area contributed by atoms with E-state index in [0.29, 0.717) is 5.75 Å². The molecule has 0 heterocycles. The van der Waals surface area contributed by atoms with Gasteiger partial charge in [-0.05, 0) is 12.1 Å². The minimum absolute atomic E-state index is 0.305. The highest BCUT2D eigenvalue weighted by atomic mass is 32.2. The summed E-state index contributed by atoms with van der Waals surface area (Å²) in [5.74, 6) is -1.72. The molecule has 0 unspecified atom stereocenters. The maximum absolute atomic E-state index is 11.3. The van der Waals surface area contributed by atoms with Gasteiger partial charge in [0, 0.05) is 0 Å². The van der Waals surface area contributed by atoms with Crippen molar-refractivity contribution >= 4 is 31.8 Å². The fourth-order valence-corrected chi connectivity index (χ4v) is 1.86. The largest absolute Gasteiger partial charge is 0.426 e. The summed E-state index contributed by atoms with van der Waals surface area (Å²) in [6, 6.07) is 5.36. The summed E-state index contributed by atoms with van der Waals surface area (Å²) in [5.41, 5.74) is 2.01. The quantitative estimate of drug-likeness (QED) is 0.312. The Morgan fingerprint density at radius 2 is 1.67 bits per heavy atom. The topological polar surface area (TPSA) is 80.7 Å². The van der Waals surface area contributed by atoms with Crippen molar-refractivity contribution in [3.05, 3.63) is 29.3 Å². The first-order valence-electron chi connectivity index (χ1n) is 5.62. The van der Waals surface area contributed by atoms with Crippen molar-refractivity contribution in [2.24, 2.45) is 0 Å². The monoisotopic (exact) mass is 268 g/mol. The maximum Gasteiger partial charge on any atom is 0.329 e. The smallest absolute Gasteiger partial charge is 0.329 e. The molecule has 0 spiro atoms. The molecule has 1 aromatic carbocycles. The lowest BCUT2D eigenvalue weighted by Gasteiger charge is -2.08. The molecule has 0 aliphatic rings. The molecule has 0 fully saturated rings. The Morgan fingerprint density at radius 3 is 2.06 bits per heavy atom. The zero-order chi connectivity index (χ0) is 13.8. The van der Waals surface area contributed by atoms with Crippen LogP contribution >= 0.6 is 0 Å². The Bertz CT molecular complexity index is 519. The Morgan fingerprint density at radius 1 is 1.17 bits per heavy atom.